The Morgan fingerprint density at radius 2 is 1.70 bits per heavy atom. The fraction of sp³-hybridized carbons (Fsp3) is 0.500. The first-order valence-corrected chi connectivity index (χ1v) is 10.6. The van der Waals surface area contributed by atoms with Gasteiger partial charge in [0.25, 0.3) is 0 Å². The summed E-state index contributed by atoms with van der Waals surface area (Å²) in [5, 5.41) is 10.00. The van der Waals surface area contributed by atoms with Gasteiger partial charge < -0.3 is 19.5 Å². The Morgan fingerprint density at radius 1 is 1.00 bits per heavy atom. The minimum absolute atomic E-state index is 0. The molecule has 1 aliphatic rings. The molecule has 0 atom stereocenters. The van der Waals surface area contributed by atoms with E-state index >= 15 is 0 Å². The maximum Gasteiger partial charge on any atom is 0.142 e. The van der Waals surface area contributed by atoms with Gasteiger partial charge in [0, 0.05) is 38.3 Å². The molecule has 1 aliphatic heterocycles. The minimum Gasteiger partial charge on any atom is -0.508 e. The molecule has 0 spiro atoms. The van der Waals surface area contributed by atoms with Crippen molar-refractivity contribution < 1.29 is 14.6 Å². The van der Waals surface area contributed by atoms with Crippen LogP contribution in [0.15, 0.2) is 36.4 Å². The SMILES string of the molecule is CCOc1ccccc1N1CCN(CCOc2cc(C)c(O)cc2C(C)C)CC1.Cl. The van der Waals surface area contributed by atoms with E-state index in [0.717, 1.165) is 55.3 Å². The number of rotatable bonds is 8. The molecular formula is C24H35ClN2O3. The van der Waals surface area contributed by atoms with E-state index in [0.29, 0.717) is 24.9 Å². The first-order valence-electron chi connectivity index (χ1n) is 10.6. The summed E-state index contributed by atoms with van der Waals surface area (Å²) in [7, 11) is 0. The van der Waals surface area contributed by atoms with E-state index in [-0.39, 0.29) is 12.4 Å². The minimum atomic E-state index is 0. The monoisotopic (exact) mass is 434 g/mol. The van der Waals surface area contributed by atoms with E-state index in [1.54, 1.807) is 0 Å². The van der Waals surface area contributed by atoms with Crippen LogP contribution in [-0.4, -0.2) is 55.9 Å². The van der Waals surface area contributed by atoms with Crippen LogP contribution in [0.1, 0.15) is 37.8 Å². The topological polar surface area (TPSA) is 45.2 Å². The number of aromatic hydroxyl groups is 1. The predicted molar refractivity (Wildman–Crippen MR) is 126 cm³/mol. The van der Waals surface area contributed by atoms with Gasteiger partial charge in [0.05, 0.1) is 12.3 Å². The highest BCUT2D eigenvalue weighted by Crippen LogP contribution is 2.33. The van der Waals surface area contributed by atoms with Crippen molar-refractivity contribution in [1.82, 2.24) is 4.90 Å². The molecule has 0 aromatic heterocycles. The normalized spacial score (nSPS) is 14.5. The van der Waals surface area contributed by atoms with E-state index in [2.05, 4.69) is 35.8 Å². The van der Waals surface area contributed by atoms with Gasteiger partial charge in [0.15, 0.2) is 0 Å². The number of hydrogen-bond donors (Lipinski definition) is 1. The number of benzene rings is 2. The Hall–Kier alpha value is -2.11. The third kappa shape index (κ3) is 5.96. The zero-order valence-corrected chi connectivity index (χ0v) is 19.4. The Bertz CT molecular complexity index is 805. The Labute approximate surface area is 187 Å². The van der Waals surface area contributed by atoms with Crippen LogP contribution in [-0.2, 0) is 0 Å². The van der Waals surface area contributed by atoms with E-state index in [4.69, 9.17) is 9.47 Å². The molecule has 166 valence electrons. The second kappa shape index (κ2) is 11.3. The Kier molecular flexibility index (Phi) is 9.12. The van der Waals surface area contributed by atoms with Crippen LogP contribution in [0.2, 0.25) is 0 Å². The molecule has 1 fully saturated rings. The lowest BCUT2D eigenvalue weighted by atomic mass is 10.00. The Balaban J connectivity index is 0.00000320. The van der Waals surface area contributed by atoms with Gasteiger partial charge in [-0.3, -0.25) is 4.90 Å². The number of nitrogens with zero attached hydrogens (tertiary/aromatic N) is 2. The third-order valence-corrected chi connectivity index (χ3v) is 5.49. The summed E-state index contributed by atoms with van der Waals surface area (Å²) < 4.78 is 11.9. The second-order valence-electron chi connectivity index (χ2n) is 7.91. The number of para-hydroxylation sites is 2. The van der Waals surface area contributed by atoms with Crippen LogP contribution in [0.3, 0.4) is 0 Å². The molecule has 3 rings (SSSR count). The number of piperazine rings is 1. The molecular weight excluding hydrogens is 400 g/mol. The predicted octanol–water partition coefficient (Wildman–Crippen LogP) is 4.85. The maximum absolute atomic E-state index is 10.00. The fourth-order valence-corrected chi connectivity index (χ4v) is 3.76. The van der Waals surface area contributed by atoms with Gasteiger partial charge in [0.1, 0.15) is 23.9 Å². The van der Waals surface area contributed by atoms with E-state index < -0.39 is 0 Å². The van der Waals surface area contributed by atoms with Crippen LogP contribution in [0.4, 0.5) is 5.69 Å². The van der Waals surface area contributed by atoms with Gasteiger partial charge in [-0.2, -0.15) is 0 Å². The molecule has 30 heavy (non-hydrogen) atoms. The van der Waals surface area contributed by atoms with Gasteiger partial charge >= 0.3 is 0 Å². The van der Waals surface area contributed by atoms with Crippen molar-refractivity contribution in [1.29, 1.82) is 0 Å². The molecule has 5 nitrogen and oxygen atoms in total. The van der Waals surface area contributed by atoms with E-state index in [1.807, 2.05) is 38.1 Å². The van der Waals surface area contributed by atoms with Gasteiger partial charge in [-0.25, -0.2) is 0 Å². The van der Waals surface area contributed by atoms with Crippen molar-refractivity contribution in [3.63, 3.8) is 0 Å². The van der Waals surface area contributed by atoms with Crippen molar-refractivity contribution in [2.75, 3.05) is 50.8 Å². The lowest BCUT2D eigenvalue weighted by molar-refractivity contribution is 0.199. The third-order valence-electron chi connectivity index (χ3n) is 5.49. The molecule has 0 bridgehead atoms. The fourth-order valence-electron chi connectivity index (χ4n) is 3.76. The van der Waals surface area contributed by atoms with Crippen molar-refractivity contribution in [2.24, 2.45) is 0 Å². The first kappa shape index (κ1) is 24.2. The molecule has 1 heterocycles. The summed E-state index contributed by atoms with van der Waals surface area (Å²) in [6.07, 6.45) is 0. The van der Waals surface area contributed by atoms with Crippen molar-refractivity contribution in [3.05, 3.63) is 47.5 Å². The molecule has 1 N–H and O–H groups in total. The summed E-state index contributed by atoms with van der Waals surface area (Å²) in [4.78, 5) is 4.85. The number of phenols is 1. The molecule has 0 amide bonds. The number of hydrogen-bond acceptors (Lipinski definition) is 5. The molecule has 0 unspecified atom stereocenters. The molecule has 1 saturated heterocycles. The maximum atomic E-state index is 10.00. The van der Waals surface area contributed by atoms with Gasteiger partial charge in [-0.05, 0) is 49.6 Å². The van der Waals surface area contributed by atoms with E-state index in [9.17, 15) is 5.11 Å². The molecule has 0 aliphatic carbocycles. The van der Waals surface area contributed by atoms with Crippen LogP contribution in [0.5, 0.6) is 17.2 Å². The number of aryl methyl sites for hydroxylation is 1. The highest BCUT2D eigenvalue weighted by atomic mass is 35.5. The summed E-state index contributed by atoms with van der Waals surface area (Å²) in [6, 6.07) is 12.1. The average Bonchev–Trinajstić information content (AvgIpc) is 2.71. The zero-order valence-electron chi connectivity index (χ0n) is 18.6. The second-order valence-corrected chi connectivity index (χ2v) is 7.91. The standard InChI is InChI=1S/C24H34N2O3.ClH/c1-5-28-23-9-7-6-8-21(23)26-12-10-25(11-13-26)14-15-29-24-16-19(4)22(27)17-20(24)18(2)3;/h6-9,16-18,27H,5,10-15H2,1-4H3;1H. The molecule has 0 radical (unpaired) electrons. The smallest absolute Gasteiger partial charge is 0.142 e. The van der Waals surface area contributed by atoms with Crippen LogP contribution < -0.4 is 14.4 Å². The van der Waals surface area contributed by atoms with E-state index in [1.165, 1.54) is 5.69 Å². The van der Waals surface area contributed by atoms with Crippen LogP contribution in [0.25, 0.3) is 0 Å². The lowest BCUT2D eigenvalue weighted by Crippen LogP contribution is -2.47. The quantitative estimate of drug-likeness (QED) is 0.643. The highest BCUT2D eigenvalue weighted by molar-refractivity contribution is 5.85. The number of halogens is 1. The van der Waals surface area contributed by atoms with Crippen LogP contribution >= 0.6 is 12.4 Å². The van der Waals surface area contributed by atoms with Crippen molar-refractivity contribution >= 4 is 18.1 Å². The zero-order chi connectivity index (χ0) is 20.8. The van der Waals surface area contributed by atoms with Crippen LogP contribution in [0, 0.1) is 6.92 Å². The molecule has 2 aromatic carbocycles. The highest BCUT2D eigenvalue weighted by Gasteiger charge is 2.20. The van der Waals surface area contributed by atoms with Gasteiger partial charge in [0.2, 0.25) is 0 Å². The van der Waals surface area contributed by atoms with Crippen molar-refractivity contribution in [3.8, 4) is 17.2 Å². The molecule has 0 saturated carbocycles. The summed E-state index contributed by atoms with van der Waals surface area (Å²) in [5.41, 5.74) is 3.10. The van der Waals surface area contributed by atoms with Gasteiger partial charge in [-0.15, -0.1) is 12.4 Å². The largest absolute Gasteiger partial charge is 0.508 e. The lowest BCUT2D eigenvalue weighted by Gasteiger charge is -2.36. The first-order chi connectivity index (χ1) is 14.0. The van der Waals surface area contributed by atoms with Gasteiger partial charge in [-0.1, -0.05) is 26.0 Å². The average molecular weight is 435 g/mol. The number of ether oxygens (including phenoxy) is 2. The number of phenolic OH excluding ortho intramolecular Hbond substituents is 1. The summed E-state index contributed by atoms with van der Waals surface area (Å²) in [5.74, 6) is 2.50. The summed E-state index contributed by atoms with van der Waals surface area (Å²) in [6.45, 7) is 14.4. The summed E-state index contributed by atoms with van der Waals surface area (Å²) >= 11 is 0. The number of anilines is 1. The molecule has 6 heteroatoms. The van der Waals surface area contributed by atoms with Crippen molar-refractivity contribution in [2.45, 2.75) is 33.6 Å². The molecule has 2 aromatic rings. The Morgan fingerprint density at radius 3 is 2.37 bits per heavy atom.